The Kier molecular flexibility index (Phi) is 2.68. The van der Waals surface area contributed by atoms with Crippen molar-refractivity contribution in [3.63, 3.8) is 0 Å². The molecule has 0 aliphatic rings. The normalized spacial score (nSPS) is 11.0. The van der Waals surface area contributed by atoms with E-state index in [1.54, 1.807) is 0 Å². The van der Waals surface area contributed by atoms with Gasteiger partial charge in [-0.25, -0.2) is 9.97 Å². The van der Waals surface area contributed by atoms with Crippen LogP contribution < -0.4 is 5.32 Å². The van der Waals surface area contributed by atoms with Gasteiger partial charge >= 0.3 is 0 Å². The lowest BCUT2D eigenvalue weighted by molar-refractivity contribution is 0.101. The zero-order valence-corrected chi connectivity index (χ0v) is 11.6. The number of carbonyl (C=O) groups excluding carboxylic acids is 1. The van der Waals surface area contributed by atoms with Gasteiger partial charge in [0.1, 0.15) is 0 Å². The lowest BCUT2D eigenvalue weighted by Gasteiger charge is -1.96. The lowest BCUT2D eigenvalue weighted by Crippen LogP contribution is -2.13. The first-order valence-corrected chi connectivity index (χ1v) is 7.23. The van der Waals surface area contributed by atoms with Crippen LogP contribution in [0.4, 0.5) is 5.13 Å². The minimum absolute atomic E-state index is 0.287. The van der Waals surface area contributed by atoms with Crippen LogP contribution in [0.3, 0.4) is 0 Å². The number of nitrogens with zero attached hydrogens (tertiary/aromatic N) is 2. The number of imidazole rings is 1. The molecule has 4 rings (SSSR count). The highest BCUT2D eigenvalue weighted by Crippen LogP contribution is 2.25. The lowest BCUT2D eigenvalue weighted by atomic mass is 10.3. The second-order valence-corrected chi connectivity index (χ2v) is 5.57. The Morgan fingerprint density at radius 2 is 1.76 bits per heavy atom. The minimum atomic E-state index is -0.287. The van der Waals surface area contributed by atoms with Gasteiger partial charge in [-0.2, -0.15) is 0 Å². The third kappa shape index (κ3) is 2.15. The molecule has 0 saturated heterocycles. The van der Waals surface area contributed by atoms with E-state index in [9.17, 15) is 4.79 Å². The number of nitrogens with one attached hydrogen (secondary N) is 2. The summed E-state index contributed by atoms with van der Waals surface area (Å²) in [7, 11) is 0. The molecule has 1 amide bonds. The molecule has 0 bridgehead atoms. The van der Waals surface area contributed by atoms with E-state index in [-0.39, 0.29) is 11.7 Å². The topological polar surface area (TPSA) is 70.7 Å². The predicted molar refractivity (Wildman–Crippen MR) is 83.7 cm³/mol. The summed E-state index contributed by atoms with van der Waals surface area (Å²) in [5, 5.41) is 3.35. The summed E-state index contributed by atoms with van der Waals surface area (Å²) in [5.74, 6) is 0.000659. The predicted octanol–water partition coefficient (Wildman–Crippen LogP) is 3.42. The molecule has 0 spiro atoms. The fourth-order valence-electron chi connectivity index (χ4n) is 2.14. The average molecular weight is 294 g/mol. The number of fused-ring (bicyclic) bond motifs is 2. The first-order valence-electron chi connectivity index (χ1n) is 6.41. The molecular weight excluding hydrogens is 284 g/mol. The summed E-state index contributed by atoms with van der Waals surface area (Å²) in [5.41, 5.74) is 2.49. The highest BCUT2D eigenvalue weighted by atomic mass is 32.1. The van der Waals surface area contributed by atoms with Crippen molar-refractivity contribution >= 4 is 43.6 Å². The van der Waals surface area contributed by atoms with Crippen LogP contribution in [0.2, 0.25) is 0 Å². The molecule has 6 heteroatoms. The molecule has 0 aliphatic heterocycles. The number of hydrogen-bond acceptors (Lipinski definition) is 4. The Bertz CT molecular complexity index is 890. The number of anilines is 1. The van der Waals surface area contributed by atoms with Crippen molar-refractivity contribution in [2.24, 2.45) is 0 Å². The van der Waals surface area contributed by atoms with E-state index in [1.807, 2.05) is 48.5 Å². The third-order valence-corrected chi connectivity index (χ3v) is 4.07. The first kappa shape index (κ1) is 12.0. The number of carbonyl (C=O) groups is 1. The summed E-state index contributed by atoms with van der Waals surface area (Å²) in [6.07, 6.45) is 0. The monoisotopic (exact) mass is 294 g/mol. The van der Waals surface area contributed by atoms with E-state index in [0.717, 1.165) is 21.3 Å². The number of hydrogen-bond donors (Lipinski definition) is 2. The maximum absolute atomic E-state index is 12.2. The number of H-pyrrole nitrogens is 1. The van der Waals surface area contributed by atoms with Crippen molar-refractivity contribution in [3.8, 4) is 0 Å². The van der Waals surface area contributed by atoms with E-state index >= 15 is 0 Å². The number of para-hydroxylation sites is 3. The van der Waals surface area contributed by atoms with Crippen LogP contribution >= 0.6 is 11.3 Å². The molecule has 0 fully saturated rings. The summed E-state index contributed by atoms with van der Waals surface area (Å²) in [4.78, 5) is 23.9. The van der Waals surface area contributed by atoms with Gasteiger partial charge in [0.25, 0.3) is 5.91 Å². The molecule has 2 aromatic heterocycles. The Morgan fingerprint density at radius 1 is 1.00 bits per heavy atom. The Hall–Kier alpha value is -2.73. The molecule has 2 aromatic carbocycles. The van der Waals surface area contributed by atoms with Gasteiger partial charge in [0.2, 0.25) is 0 Å². The van der Waals surface area contributed by atoms with Crippen molar-refractivity contribution in [2.45, 2.75) is 0 Å². The second-order valence-electron chi connectivity index (χ2n) is 4.54. The van der Waals surface area contributed by atoms with E-state index in [4.69, 9.17) is 0 Å². The summed E-state index contributed by atoms with van der Waals surface area (Å²) in [6.45, 7) is 0. The van der Waals surface area contributed by atoms with Gasteiger partial charge in [0, 0.05) is 0 Å². The SMILES string of the molecule is O=C(Nc1nc2ccccc2s1)c1nc2ccccc2[nH]1. The minimum Gasteiger partial charge on any atom is -0.334 e. The molecule has 5 nitrogen and oxygen atoms in total. The highest BCUT2D eigenvalue weighted by molar-refractivity contribution is 7.22. The van der Waals surface area contributed by atoms with E-state index in [0.29, 0.717) is 5.13 Å². The van der Waals surface area contributed by atoms with Crippen molar-refractivity contribution in [2.75, 3.05) is 5.32 Å². The Morgan fingerprint density at radius 3 is 2.57 bits per heavy atom. The summed E-state index contributed by atoms with van der Waals surface area (Å²) >= 11 is 1.44. The average Bonchev–Trinajstić information content (AvgIpc) is 3.10. The molecule has 2 N–H and O–H groups in total. The largest absolute Gasteiger partial charge is 0.334 e. The quantitative estimate of drug-likeness (QED) is 0.595. The molecule has 4 aromatic rings. The first-order chi connectivity index (χ1) is 10.3. The highest BCUT2D eigenvalue weighted by Gasteiger charge is 2.13. The molecule has 2 heterocycles. The fourth-order valence-corrected chi connectivity index (χ4v) is 3.00. The van der Waals surface area contributed by atoms with Crippen LogP contribution in [0, 0.1) is 0 Å². The fraction of sp³-hybridized carbons (Fsp3) is 0. The molecule has 0 atom stereocenters. The molecule has 102 valence electrons. The molecule has 0 unspecified atom stereocenters. The Labute approximate surface area is 123 Å². The third-order valence-electron chi connectivity index (χ3n) is 3.12. The number of aromatic amines is 1. The van der Waals surface area contributed by atoms with Crippen LogP contribution in [-0.4, -0.2) is 20.9 Å². The van der Waals surface area contributed by atoms with Crippen LogP contribution in [0.5, 0.6) is 0 Å². The molecule has 0 radical (unpaired) electrons. The zero-order valence-electron chi connectivity index (χ0n) is 10.8. The Balaban J connectivity index is 1.65. The molecule has 0 aliphatic carbocycles. The van der Waals surface area contributed by atoms with Gasteiger partial charge in [0.05, 0.1) is 21.3 Å². The van der Waals surface area contributed by atoms with Gasteiger partial charge < -0.3 is 4.98 Å². The van der Waals surface area contributed by atoms with Gasteiger partial charge in [0.15, 0.2) is 11.0 Å². The number of benzene rings is 2. The number of thiazole rings is 1. The van der Waals surface area contributed by atoms with Crippen LogP contribution in [0.25, 0.3) is 21.3 Å². The molecule has 21 heavy (non-hydrogen) atoms. The molecule has 0 saturated carbocycles. The van der Waals surface area contributed by atoms with Gasteiger partial charge in [-0.05, 0) is 24.3 Å². The van der Waals surface area contributed by atoms with Crippen LogP contribution in [-0.2, 0) is 0 Å². The van der Waals surface area contributed by atoms with Crippen molar-refractivity contribution in [3.05, 3.63) is 54.4 Å². The van der Waals surface area contributed by atoms with Crippen molar-refractivity contribution in [1.82, 2.24) is 15.0 Å². The second kappa shape index (κ2) is 4.68. The van der Waals surface area contributed by atoms with Crippen LogP contribution in [0.15, 0.2) is 48.5 Å². The van der Waals surface area contributed by atoms with Crippen molar-refractivity contribution < 1.29 is 4.79 Å². The molecular formula is C15H10N4OS. The van der Waals surface area contributed by atoms with E-state index < -0.39 is 0 Å². The smallest absolute Gasteiger partial charge is 0.293 e. The van der Waals surface area contributed by atoms with E-state index in [1.165, 1.54) is 11.3 Å². The number of aromatic nitrogens is 3. The zero-order chi connectivity index (χ0) is 14.2. The number of rotatable bonds is 2. The standard InChI is InChI=1S/C15H10N4OS/c20-14(13-16-9-5-1-2-6-10(9)17-13)19-15-18-11-7-3-4-8-12(11)21-15/h1-8H,(H,16,17)(H,18,19,20). The van der Waals surface area contributed by atoms with Gasteiger partial charge in [-0.15, -0.1) is 0 Å². The van der Waals surface area contributed by atoms with Gasteiger partial charge in [-0.1, -0.05) is 35.6 Å². The van der Waals surface area contributed by atoms with Crippen molar-refractivity contribution in [1.29, 1.82) is 0 Å². The van der Waals surface area contributed by atoms with E-state index in [2.05, 4.69) is 20.3 Å². The maximum atomic E-state index is 12.2. The summed E-state index contributed by atoms with van der Waals surface area (Å²) in [6, 6.07) is 15.3. The van der Waals surface area contributed by atoms with Gasteiger partial charge in [-0.3, -0.25) is 10.1 Å². The van der Waals surface area contributed by atoms with Crippen LogP contribution in [0.1, 0.15) is 10.6 Å². The summed E-state index contributed by atoms with van der Waals surface area (Å²) < 4.78 is 1.04. The maximum Gasteiger partial charge on any atom is 0.293 e. The number of amides is 1.